The number of piperidine rings is 1. The molecule has 2 atom stereocenters. The maximum Gasteiger partial charge on any atom is 0.119 e. The Hall–Kier alpha value is -1.55. The first-order chi connectivity index (χ1) is 13.7. The first kappa shape index (κ1) is 19.8. The van der Waals surface area contributed by atoms with Crippen molar-refractivity contribution in [3.05, 3.63) is 65.2 Å². The molecule has 0 bridgehead atoms. The minimum Gasteiger partial charge on any atom is -0.493 e. The van der Waals surface area contributed by atoms with Crippen molar-refractivity contribution < 1.29 is 9.84 Å². The summed E-state index contributed by atoms with van der Waals surface area (Å²) in [6.45, 7) is 3.56. The molecule has 2 aliphatic rings. The van der Waals surface area contributed by atoms with Gasteiger partial charge in [-0.15, -0.1) is 0 Å². The molecule has 1 saturated heterocycles. The zero-order valence-electron chi connectivity index (χ0n) is 16.4. The van der Waals surface area contributed by atoms with Crippen molar-refractivity contribution in [2.45, 2.75) is 43.6 Å². The second-order valence-electron chi connectivity index (χ2n) is 8.42. The van der Waals surface area contributed by atoms with Crippen LogP contribution >= 0.6 is 11.6 Å². The van der Waals surface area contributed by atoms with Gasteiger partial charge in [0, 0.05) is 29.4 Å². The molecule has 2 unspecified atom stereocenters. The Morgan fingerprint density at radius 3 is 2.50 bits per heavy atom. The highest BCUT2D eigenvalue weighted by atomic mass is 35.5. The minimum absolute atomic E-state index is 0.0991. The third-order valence-electron chi connectivity index (χ3n) is 6.57. The maximum atomic E-state index is 11.2. The number of ether oxygens (including phenoxy) is 1. The van der Waals surface area contributed by atoms with E-state index in [2.05, 4.69) is 17.0 Å². The summed E-state index contributed by atoms with van der Waals surface area (Å²) in [7, 11) is 0. The standard InChI is InChI=1S/C24H30ClNO2/c25-21-11-9-20(10-12-21)24(13-5-14-24)23(27)17-26-15-4-6-19(16-26)18-28-22-7-2-1-3-8-22/h1-3,7-12,19,23,27H,4-6,13-18H2. The molecule has 3 nitrogen and oxygen atoms in total. The average molecular weight is 400 g/mol. The topological polar surface area (TPSA) is 32.7 Å². The Bertz CT molecular complexity index is 745. The molecule has 2 aromatic rings. The largest absolute Gasteiger partial charge is 0.493 e. The fourth-order valence-corrected chi connectivity index (χ4v) is 4.88. The molecule has 1 N–H and O–H groups in total. The fourth-order valence-electron chi connectivity index (χ4n) is 4.76. The number of likely N-dealkylation sites (tertiary alicyclic amines) is 1. The molecule has 28 heavy (non-hydrogen) atoms. The van der Waals surface area contributed by atoms with E-state index in [-0.39, 0.29) is 11.5 Å². The van der Waals surface area contributed by atoms with Crippen molar-refractivity contribution in [2.75, 3.05) is 26.2 Å². The van der Waals surface area contributed by atoms with Gasteiger partial charge < -0.3 is 14.7 Å². The van der Waals surface area contributed by atoms with Crippen molar-refractivity contribution in [3.8, 4) is 5.75 Å². The molecule has 1 aliphatic carbocycles. The number of benzene rings is 2. The van der Waals surface area contributed by atoms with Gasteiger partial charge in [0.2, 0.25) is 0 Å². The number of hydrogen-bond donors (Lipinski definition) is 1. The normalized spacial score (nSPS) is 23.0. The number of para-hydroxylation sites is 1. The van der Waals surface area contributed by atoms with Crippen molar-refractivity contribution in [2.24, 2.45) is 5.92 Å². The van der Waals surface area contributed by atoms with Gasteiger partial charge in [0.15, 0.2) is 0 Å². The number of halogens is 1. The lowest BCUT2D eigenvalue weighted by Gasteiger charge is -2.48. The molecule has 2 fully saturated rings. The van der Waals surface area contributed by atoms with Gasteiger partial charge in [0.1, 0.15) is 5.75 Å². The summed E-state index contributed by atoms with van der Waals surface area (Å²) in [6, 6.07) is 18.1. The van der Waals surface area contributed by atoms with Gasteiger partial charge in [-0.05, 0) is 62.1 Å². The van der Waals surface area contributed by atoms with Crippen LogP contribution in [0.25, 0.3) is 0 Å². The molecule has 2 aromatic carbocycles. The molecule has 0 aromatic heterocycles. The van der Waals surface area contributed by atoms with E-state index in [9.17, 15) is 5.11 Å². The van der Waals surface area contributed by atoms with Gasteiger partial charge in [-0.25, -0.2) is 0 Å². The molecule has 150 valence electrons. The summed E-state index contributed by atoms with van der Waals surface area (Å²) in [5.41, 5.74) is 1.13. The lowest BCUT2D eigenvalue weighted by Crippen LogP contribution is -2.52. The van der Waals surface area contributed by atoms with E-state index in [0.29, 0.717) is 5.92 Å². The van der Waals surface area contributed by atoms with Crippen molar-refractivity contribution in [1.82, 2.24) is 4.90 Å². The Kier molecular flexibility index (Phi) is 6.25. The number of hydrogen-bond acceptors (Lipinski definition) is 3. The van der Waals surface area contributed by atoms with Crippen LogP contribution in [-0.2, 0) is 5.41 Å². The monoisotopic (exact) mass is 399 g/mol. The van der Waals surface area contributed by atoms with Crippen LogP contribution in [0.4, 0.5) is 0 Å². The van der Waals surface area contributed by atoms with Crippen molar-refractivity contribution in [1.29, 1.82) is 0 Å². The number of rotatable bonds is 7. The summed E-state index contributed by atoms with van der Waals surface area (Å²) in [4.78, 5) is 2.43. The number of aliphatic hydroxyl groups excluding tert-OH is 1. The van der Waals surface area contributed by atoms with Gasteiger partial charge >= 0.3 is 0 Å². The van der Waals surface area contributed by atoms with Gasteiger partial charge in [-0.3, -0.25) is 0 Å². The third-order valence-corrected chi connectivity index (χ3v) is 6.82. The van der Waals surface area contributed by atoms with Gasteiger partial charge in [0.05, 0.1) is 12.7 Å². The van der Waals surface area contributed by atoms with E-state index in [1.807, 2.05) is 42.5 Å². The summed E-state index contributed by atoms with van der Waals surface area (Å²) in [5, 5.41) is 11.9. The van der Waals surface area contributed by atoms with E-state index in [1.165, 1.54) is 24.8 Å². The summed E-state index contributed by atoms with van der Waals surface area (Å²) in [5.74, 6) is 1.46. The Balaban J connectivity index is 1.34. The van der Waals surface area contributed by atoms with E-state index < -0.39 is 0 Å². The first-order valence-corrected chi connectivity index (χ1v) is 10.9. The molecule has 1 heterocycles. The molecule has 4 heteroatoms. The molecule has 4 rings (SSSR count). The van der Waals surface area contributed by atoms with E-state index in [4.69, 9.17) is 16.3 Å². The first-order valence-electron chi connectivity index (χ1n) is 10.5. The van der Waals surface area contributed by atoms with Crippen LogP contribution in [0.2, 0.25) is 5.02 Å². The molecule has 1 saturated carbocycles. The van der Waals surface area contributed by atoms with Crippen molar-refractivity contribution >= 4 is 11.6 Å². The van der Waals surface area contributed by atoms with E-state index >= 15 is 0 Å². The van der Waals surface area contributed by atoms with Crippen LogP contribution in [0.3, 0.4) is 0 Å². The van der Waals surface area contributed by atoms with Crippen LogP contribution in [0.5, 0.6) is 5.75 Å². The lowest BCUT2D eigenvalue weighted by atomic mass is 9.61. The highest BCUT2D eigenvalue weighted by Crippen LogP contribution is 2.47. The quantitative estimate of drug-likeness (QED) is 0.717. The molecule has 0 amide bonds. The predicted molar refractivity (Wildman–Crippen MR) is 114 cm³/mol. The maximum absolute atomic E-state index is 11.2. The molecular formula is C24H30ClNO2. The smallest absolute Gasteiger partial charge is 0.119 e. The zero-order valence-corrected chi connectivity index (χ0v) is 17.2. The van der Waals surface area contributed by atoms with Crippen LogP contribution in [0.1, 0.15) is 37.7 Å². The predicted octanol–water partition coefficient (Wildman–Crippen LogP) is 4.91. The van der Waals surface area contributed by atoms with Crippen molar-refractivity contribution in [3.63, 3.8) is 0 Å². The minimum atomic E-state index is -0.337. The van der Waals surface area contributed by atoms with E-state index in [0.717, 1.165) is 49.9 Å². The number of aliphatic hydroxyl groups is 1. The van der Waals surface area contributed by atoms with Crippen LogP contribution < -0.4 is 4.74 Å². The second-order valence-corrected chi connectivity index (χ2v) is 8.86. The van der Waals surface area contributed by atoms with Gasteiger partial charge in [-0.2, -0.15) is 0 Å². The Morgan fingerprint density at radius 2 is 1.82 bits per heavy atom. The molecule has 1 aliphatic heterocycles. The highest BCUT2D eigenvalue weighted by Gasteiger charge is 2.45. The van der Waals surface area contributed by atoms with E-state index in [1.54, 1.807) is 0 Å². The molecule has 0 spiro atoms. The summed E-state index contributed by atoms with van der Waals surface area (Å²) >= 11 is 6.07. The van der Waals surface area contributed by atoms with Crippen LogP contribution in [0, 0.1) is 5.92 Å². The van der Waals surface area contributed by atoms with Gasteiger partial charge in [-0.1, -0.05) is 48.4 Å². The summed E-state index contributed by atoms with van der Waals surface area (Å²) in [6.07, 6.45) is 5.34. The second kappa shape index (κ2) is 8.86. The fraction of sp³-hybridized carbons (Fsp3) is 0.500. The lowest BCUT2D eigenvalue weighted by molar-refractivity contribution is -0.00863. The number of nitrogens with zero attached hydrogens (tertiary/aromatic N) is 1. The summed E-state index contributed by atoms with van der Waals surface area (Å²) < 4.78 is 5.98. The van der Waals surface area contributed by atoms with Gasteiger partial charge in [0.25, 0.3) is 0 Å². The number of β-amino-alcohol motifs (C(OH)–C–C–N with tert-alkyl or cyclic N) is 1. The zero-order chi connectivity index (χ0) is 19.4. The molecule has 0 radical (unpaired) electrons. The highest BCUT2D eigenvalue weighted by molar-refractivity contribution is 6.30. The average Bonchev–Trinajstić information content (AvgIpc) is 2.68. The molecular weight excluding hydrogens is 370 g/mol. The third kappa shape index (κ3) is 4.37. The van der Waals surface area contributed by atoms with Crippen LogP contribution in [-0.4, -0.2) is 42.4 Å². The SMILES string of the molecule is OC(CN1CCCC(COc2ccccc2)C1)C1(c2ccc(Cl)cc2)CCC1. The van der Waals surface area contributed by atoms with Crippen LogP contribution in [0.15, 0.2) is 54.6 Å². The Labute approximate surface area is 173 Å². The Morgan fingerprint density at radius 1 is 1.07 bits per heavy atom.